The van der Waals surface area contributed by atoms with E-state index in [9.17, 15) is 4.39 Å². The van der Waals surface area contributed by atoms with E-state index in [0.717, 1.165) is 68.2 Å². The molecule has 2 aliphatic rings. The van der Waals surface area contributed by atoms with Gasteiger partial charge in [0.05, 0.1) is 31.6 Å². The first-order valence-corrected chi connectivity index (χ1v) is 9.10. The summed E-state index contributed by atoms with van der Waals surface area (Å²) in [5.41, 5.74) is 4.50. The lowest BCUT2D eigenvalue weighted by atomic mass is 10.0. The van der Waals surface area contributed by atoms with Gasteiger partial charge in [-0.05, 0) is 42.3 Å². The van der Waals surface area contributed by atoms with E-state index in [2.05, 4.69) is 31.9 Å². The number of pyridine rings is 1. The zero-order valence-electron chi connectivity index (χ0n) is 14.5. The molecule has 26 heavy (non-hydrogen) atoms. The van der Waals surface area contributed by atoms with E-state index < -0.39 is 0 Å². The predicted octanol–water partition coefficient (Wildman–Crippen LogP) is 3.10. The van der Waals surface area contributed by atoms with E-state index in [1.807, 2.05) is 12.3 Å². The highest BCUT2D eigenvalue weighted by Crippen LogP contribution is 2.30. The third kappa shape index (κ3) is 2.70. The minimum atomic E-state index is -0.198. The molecule has 1 N–H and O–H groups in total. The van der Waals surface area contributed by atoms with E-state index in [0.29, 0.717) is 0 Å². The summed E-state index contributed by atoms with van der Waals surface area (Å²) in [6, 6.07) is 9.24. The molecule has 1 aromatic carbocycles. The second-order valence-corrected chi connectivity index (χ2v) is 6.92. The highest BCUT2D eigenvalue weighted by Gasteiger charge is 2.21. The maximum atomic E-state index is 13.5. The molecule has 6 heteroatoms. The number of nitrogens with zero attached hydrogens (tertiary/aromatic N) is 3. The molecular weight excluding hydrogens is 331 g/mol. The number of fused-ring (bicyclic) bond motifs is 3. The van der Waals surface area contributed by atoms with Crippen molar-refractivity contribution in [3.8, 4) is 0 Å². The SMILES string of the molecule is Fc1ccc2c3c([nH]c2c1)CN(c1ccc(N2CCOCC2)nc1)CC3. The van der Waals surface area contributed by atoms with Crippen molar-refractivity contribution >= 4 is 22.4 Å². The first-order chi connectivity index (χ1) is 12.8. The van der Waals surface area contributed by atoms with Gasteiger partial charge in [0.2, 0.25) is 0 Å². The number of anilines is 2. The first-order valence-electron chi connectivity index (χ1n) is 9.10. The van der Waals surface area contributed by atoms with Crippen LogP contribution >= 0.6 is 0 Å². The number of morpholine rings is 1. The van der Waals surface area contributed by atoms with Crippen molar-refractivity contribution < 1.29 is 9.13 Å². The summed E-state index contributed by atoms with van der Waals surface area (Å²) in [4.78, 5) is 12.6. The molecule has 5 nitrogen and oxygen atoms in total. The Morgan fingerprint density at radius 3 is 2.73 bits per heavy atom. The number of rotatable bonds is 2. The Morgan fingerprint density at radius 2 is 1.92 bits per heavy atom. The van der Waals surface area contributed by atoms with Gasteiger partial charge < -0.3 is 19.5 Å². The quantitative estimate of drug-likeness (QED) is 0.770. The van der Waals surface area contributed by atoms with Crippen LogP contribution < -0.4 is 9.80 Å². The van der Waals surface area contributed by atoms with Crippen molar-refractivity contribution in [3.05, 3.63) is 53.6 Å². The van der Waals surface area contributed by atoms with Gasteiger partial charge in [-0.25, -0.2) is 9.37 Å². The minimum absolute atomic E-state index is 0.198. The number of ether oxygens (including phenoxy) is 1. The van der Waals surface area contributed by atoms with Gasteiger partial charge in [-0.1, -0.05) is 0 Å². The second kappa shape index (κ2) is 6.29. The highest BCUT2D eigenvalue weighted by molar-refractivity contribution is 5.85. The summed E-state index contributed by atoms with van der Waals surface area (Å²) < 4.78 is 18.9. The van der Waals surface area contributed by atoms with Crippen LogP contribution in [-0.4, -0.2) is 42.8 Å². The number of aromatic amines is 1. The number of nitrogens with one attached hydrogen (secondary N) is 1. The fourth-order valence-corrected chi connectivity index (χ4v) is 3.99. The van der Waals surface area contributed by atoms with Gasteiger partial charge in [0.25, 0.3) is 0 Å². The summed E-state index contributed by atoms with van der Waals surface area (Å²) in [5.74, 6) is 0.812. The molecule has 134 valence electrons. The Kier molecular flexibility index (Phi) is 3.78. The van der Waals surface area contributed by atoms with Crippen LogP contribution in [0.15, 0.2) is 36.5 Å². The normalized spacial score (nSPS) is 17.6. The smallest absolute Gasteiger partial charge is 0.128 e. The van der Waals surface area contributed by atoms with Crippen molar-refractivity contribution in [1.29, 1.82) is 0 Å². The minimum Gasteiger partial charge on any atom is -0.378 e. The summed E-state index contributed by atoms with van der Waals surface area (Å²) in [6.07, 6.45) is 2.91. The Bertz CT molecular complexity index is 931. The van der Waals surface area contributed by atoms with Gasteiger partial charge >= 0.3 is 0 Å². The molecule has 4 heterocycles. The van der Waals surface area contributed by atoms with Crippen LogP contribution in [0.2, 0.25) is 0 Å². The van der Waals surface area contributed by atoms with Crippen LogP contribution in [0, 0.1) is 5.82 Å². The average Bonchev–Trinajstić information content (AvgIpc) is 3.05. The Hall–Kier alpha value is -2.60. The van der Waals surface area contributed by atoms with Crippen molar-refractivity contribution in [1.82, 2.24) is 9.97 Å². The fraction of sp³-hybridized carbons (Fsp3) is 0.350. The van der Waals surface area contributed by atoms with Crippen LogP contribution in [0.3, 0.4) is 0 Å². The standard InChI is InChI=1S/C20H21FN4O/c21-14-1-3-16-17-5-6-25(13-19(17)23-18(16)11-14)15-2-4-20(22-12-15)24-7-9-26-10-8-24/h1-4,11-12,23H,5-10,13H2. The largest absolute Gasteiger partial charge is 0.378 e. The van der Waals surface area contributed by atoms with Gasteiger partial charge in [0.15, 0.2) is 0 Å². The first kappa shape index (κ1) is 15.6. The fourth-order valence-electron chi connectivity index (χ4n) is 3.99. The lowest BCUT2D eigenvalue weighted by molar-refractivity contribution is 0.122. The third-order valence-corrected chi connectivity index (χ3v) is 5.37. The molecule has 0 spiro atoms. The zero-order valence-corrected chi connectivity index (χ0v) is 14.5. The van der Waals surface area contributed by atoms with Gasteiger partial charge in [-0.15, -0.1) is 0 Å². The molecule has 0 radical (unpaired) electrons. The summed E-state index contributed by atoms with van der Waals surface area (Å²) in [5, 5.41) is 1.14. The van der Waals surface area contributed by atoms with Gasteiger partial charge in [-0.2, -0.15) is 0 Å². The van der Waals surface area contributed by atoms with E-state index in [-0.39, 0.29) is 5.82 Å². The molecule has 0 aliphatic carbocycles. The van der Waals surface area contributed by atoms with Crippen LogP contribution in [-0.2, 0) is 17.7 Å². The number of hydrogen-bond donors (Lipinski definition) is 1. The molecule has 2 aromatic heterocycles. The van der Waals surface area contributed by atoms with E-state index >= 15 is 0 Å². The average molecular weight is 352 g/mol. The maximum Gasteiger partial charge on any atom is 0.128 e. The van der Waals surface area contributed by atoms with E-state index in [1.165, 1.54) is 17.3 Å². The Morgan fingerprint density at radius 1 is 1.04 bits per heavy atom. The van der Waals surface area contributed by atoms with Crippen molar-refractivity contribution in [2.45, 2.75) is 13.0 Å². The molecule has 5 rings (SSSR count). The lowest BCUT2D eigenvalue weighted by Crippen LogP contribution is -2.36. The molecule has 1 saturated heterocycles. The third-order valence-electron chi connectivity index (χ3n) is 5.37. The van der Waals surface area contributed by atoms with Gasteiger partial charge in [0.1, 0.15) is 11.6 Å². The number of halogens is 1. The molecule has 2 aliphatic heterocycles. The molecule has 0 amide bonds. The summed E-state index contributed by atoms with van der Waals surface area (Å²) >= 11 is 0. The molecule has 0 saturated carbocycles. The molecule has 0 unspecified atom stereocenters. The predicted molar refractivity (Wildman–Crippen MR) is 100 cm³/mol. The highest BCUT2D eigenvalue weighted by atomic mass is 19.1. The molecule has 0 bridgehead atoms. The van der Waals surface area contributed by atoms with Crippen LogP contribution in [0.1, 0.15) is 11.3 Å². The Labute approximate surface area is 151 Å². The van der Waals surface area contributed by atoms with E-state index in [4.69, 9.17) is 4.74 Å². The van der Waals surface area contributed by atoms with E-state index in [1.54, 1.807) is 6.07 Å². The number of benzene rings is 1. The van der Waals surface area contributed by atoms with Crippen LogP contribution in [0.4, 0.5) is 15.9 Å². The van der Waals surface area contributed by atoms with Crippen molar-refractivity contribution in [2.24, 2.45) is 0 Å². The molecule has 3 aromatic rings. The topological polar surface area (TPSA) is 44.4 Å². The molecule has 1 fully saturated rings. The zero-order chi connectivity index (χ0) is 17.5. The number of H-pyrrole nitrogens is 1. The molecular formula is C20H21FN4O. The maximum absolute atomic E-state index is 13.5. The van der Waals surface area contributed by atoms with Gasteiger partial charge in [-0.3, -0.25) is 0 Å². The number of aromatic nitrogens is 2. The summed E-state index contributed by atoms with van der Waals surface area (Å²) in [7, 11) is 0. The number of hydrogen-bond acceptors (Lipinski definition) is 4. The second-order valence-electron chi connectivity index (χ2n) is 6.92. The van der Waals surface area contributed by atoms with Crippen LogP contribution in [0.5, 0.6) is 0 Å². The van der Waals surface area contributed by atoms with Crippen molar-refractivity contribution in [3.63, 3.8) is 0 Å². The van der Waals surface area contributed by atoms with Crippen molar-refractivity contribution in [2.75, 3.05) is 42.6 Å². The van der Waals surface area contributed by atoms with Gasteiger partial charge in [0, 0.05) is 36.2 Å². The summed E-state index contributed by atoms with van der Waals surface area (Å²) in [6.45, 7) is 5.05. The Balaban J connectivity index is 1.37. The monoisotopic (exact) mass is 352 g/mol. The molecule has 0 atom stereocenters. The lowest BCUT2D eigenvalue weighted by Gasteiger charge is -2.30. The van der Waals surface area contributed by atoms with Crippen LogP contribution in [0.25, 0.3) is 10.9 Å².